The van der Waals surface area contributed by atoms with Gasteiger partial charge in [-0.15, -0.1) is 0 Å². The van der Waals surface area contributed by atoms with Crippen molar-refractivity contribution in [3.63, 3.8) is 0 Å². The van der Waals surface area contributed by atoms with Crippen LogP contribution in [0.15, 0.2) is 24.3 Å². The molecule has 1 aromatic carbocycles. The van der Waals surface area contributed by atoms with Gasteiger partial charge in [0.1, 0.15) is 5.75 Å². The first-order chi connectivity index (χ1) is 11.6. The Morgan fingerprint density at radius 1 is 1.25 bits per heavy atom. The molecule has 0 aromatic heterocycles. The fourth-order valence-corrected chi connectivity index (χ4v) is 4.07. The molecule has 2 aliphatic heterocycles. The number of amides is 1. The second-order valence-electron chi connectivity index (χ2n) is 7.46. The maximum Gasteiger partial charge on any atom is 0.222 e. The lowest BCUT2D eigenvalue weighted by Crippen LogP contribution is -2.40. The van der Waals surface area contributed by atoms with Crippen molar-refractivity contribution in [2.45, 2.75) is 57.5 Å². The highest BCUT2D eigenvalue weighted by Gasteiger charge is 2.34. The van der Waals surface area contributed by atoms with Crippen molar-refractivity contribution < 1.29 is 9.53 Å². The third-order valence-corrected chi connectivity index (χ3v) is 5.45. The Labute approximate surface area is 145 Å². The maximum atomic E-state index is 12.4. The first kappa shape index (κ1) is 17.3. The van der Waals surface area contributed by atoms with Crippen LogP contribution in [-0.2, 0) is 4.79 Å². The van der Waals surface area contributed by atoms with Crippen molar-refractivity contribution in [1.29, 1.82) is 0 Å². The molecule has 2 atom stereocenters. The number of fused-ring (bicyclic) bond motifs is 2. The van der Waals surface area contributed by atoms with Gasteiger partial charge in [-0.05, 0) is 56.6 Å². The van der Waals surface area contributed by atoms with Gasteiger partial charge >= 0.3 is 0 Å². The monoisotopic (exact) mass is 330 g/mol. The van der Waals surface area contributed by atoms with E-state index in [0.29, 0.717) is 31.0 Å². The molecular formula is C20H30N2O2. The largest absolute Gasteiger partial charge is 0.493 e. The van der Waals surface area contributed by atoms with Crippen LogP contribution in [0.25, 0.3) is 0 Å². The van der Waals surface area contributed by atoms with Gasteiger partial charge in [0.2, 0.25) is 5.91 Å². The molecule has 24 heavy (non-hydrogen) atoms. The van der Waals surface area contributed by atoms with Crippen LogP contribution >= 0.6 is 0 Å². The molecule has 2 unspecified atom stereocenters. The third kappa shape index (κ3) is 4.50. The predicted octanol–water partition coefficient (Wildman–Crippen LogP) is 3.14. The zero-order valence-electron chi connectivity index (χ0n) is 15.0. The highest BCUT2D eigenvalue weighted by atomic mass is 16.5. The first-order valence-electron chi connectivity index (χ1n) is 9.30. The summed E-state index contributed by atoms with van der Waals surface area (Å²) in [5.41, 5.74) is 1.16. The lowest BCUT2D eigenvalue weighted by Gasteiger charge is -2.30. The van der Waals surface area contributed by atoms with Crippen molar-refractivity contribution in [2.75, 3.05) is 20.2 Å². The van der Waals surface area contributed by atoms with E-state index < -0.39 is 0 Å². The number of aryl methyl sites for hydroxylation is 1. The molecule has 0 saturated carbocycles. The van der Waals surface area contributed by atoms with Crippen LogP contribution in [0.5, 0.6) is 5.75 Å². The number of ether oxygens (including phenoxy) is 1. The second kappa shape index (κ2) is 8.02. The number of carbonyl (C=O) groups excluding carboxylic acids is 1. The van der Waals surface area contributed by atoms with Gasteiger partial charge in [-0.1, -0.05) is 18.2 Å². The van der Waals surface area contributed by atoms with Crippen molar-refractivity contribution in [2.24, 2.45) is 5.92 Å². The summed E-state index contributed by atoms with van der Waals surface area (Å²) < 4.78 is 5.81. The van der Waals surface area contributed by atoms with E-state index in [1.54, 1.807) is 0 Å². The van der Waals surface area contributed by atoms with Crippen LogP contribution in [0, 0.1) is 12.8 Å². The van der Waals surface area contributed by atoms with E-state index in [0.717, 1.165) is 24.3 Å². The summed E-state index contributed by atoms with van der Waals surface area (Å²) in [6.07, 6.45) is 6.51. The molecule has 0 aliphatic carbocycles. The molecular weight excluding hydrogens is 300 g/mol. The van der Waals surface area contributed by atoms with Crippen LogP contribution in [-0.4, -0.2) is 43.1 Å². The quantitative estimate of drug-likeness (QED) is 0.781. The number of hydrogen-bond acceptors (Lipinski definition) is 3. The fraction of sp³-hybridized carbons (Fsp3) is 0.650. The Kier molecular flexibility index (Phi) is 5.77. The van der Waals surface area contributed by atoms with E-state index in [2.05, 4.69) is 18.3 Å². The minimum absolute atomic E-state index is 0.289. The third-order valence-electron chi connectivity index (χ3n) is 5.45. The zero-order chi connectivity index (χ0) is 16.9. The number of para-hydroxylation sites is 1. The number of carbonyl (C=O) groups is 1. The average molecular weight is 330 g/mol. The van der Waals surface area contributed by atoms with E-state index in [9.17, 15) is 4.79 Å². The van der Waals surface area contributed by atoms with Gasteiger partial charge < -0.3 is 15.0 Å². The summed E-state index contributed by atoms with van der Waals surface area (Å²) in [4.78, 5) is 14.3. The summed E-state index contributed by atoms with van der Waals surface area (Å²) >= 11 is 0. The zero-order valence-corrected chi connectivity index (χ0v) is 15.0. The van der Waals surface area contributed by atoms with Crippen molar-refractivity contribution in [3.8, 4) is 5.75 Å². The number of rotatable bonds is 7. The Balaban J connectivity index is 1.35. The molecule has 132 valence electrons. The molecule has 2 saturated heterocycles. The first-order valence-corrected chi connectivity index (χ1v) is 9.30. The minimum Gasteiger partial charge on any atom is -0.493 e. The van der Waals surface area contributed by atoms with E-state index in [1.807, 2.05) is 30.1 Å². The van der Waals surface area contributed by atoms with Gasteiger partial charge in [0.25, 0.3) is 0 Å². The highest BCUT2D eigenvalue weighted by Crippen LogP contribution is 2.32. The number of nitrogens with one attached hydrogen (secondary N) is 1. The molecule has 2 heterocycles. The van der Waals surface area contributed by atoms with Crippen LogP contribution in [0.3, 0.4) is 0 Å². The SMILES string of the molecule is Cc1ccccc1OCCCN(C)C(=O)CC1CC2CCC(C1)N2. The molecule has 4 heteroatoms. The number of benzene rings is 1. The number of hydrogen-bond donors (Lipinski definition) is 1. The molecule has 2 bridgehead atoms. The normalized spacial score (nSPS) is 25.5. The van der Waals surface area contributed by atoms with Crippen molar-refractivity contribution in [3.05, 3.63) is 29.8 Å². The Morgan fingerprint density at radius 2 is 1.96 bits per heavy atom. The van der Waals surface area contributed by atoms with E-state index >= 15 is 0 Å². The standard InChI is InChI=1S/C20H30N2O2/c1-15-6-3-4-7-19(15)24-11-5-10-22(2)20(23)14-16-12-17-8-9-18(13-16)21-17/h3-4,6-7,16-18,21H,5,8-14H2,1-2H3. The van der Waals surface area contributed by atoms with Gasteiger partial charge in [-0.2, -0.15) is 0 Å². The van der Waals surface area contributed by atoms with E-state index in [4.69, 9.17) is 4.74 Å². The second-order valence-corrected chi connectivity index (χ2v) is 7.46. The van der Waals surface area contributed by atoms with Crippen LogP contribution in [0.2, 0.25) is 0 Å². The maximum absolute atomic E-state index is 12.4. The molecule has 3 rings (SSSR count). The van der Waals surface area contributed by atoms with Gasteiger partial charge in [0, 0.05) is 32.1 Å². The molecule has 1 amide bonds. The summed E-state index contributed by atoms with van der Waals surface area (Å²) in [5.74, 6) is 1.80. The summed E-state index contributed by atoms with van der Waals surface area (Å²) in [6, 6.07) is 9.38. The molecule has 2 fully saturated rings. The fourth-order valence-electron chi connectivity index (χ4n) is 4.07. The molecule has 0 radical (unpaired) electrons. The van der Waals surface area contributed by atoms with Gasteiger partial charge in [-0.3, -0.25) is 4.79 Å². The van der Waals surface area contributed by atoms with E-state index in [-0.39, 0.29) is 5.91 Å². The van der Waals surface area contributed by atoms with E-state index in [1.165, 1.54) is 25.7 Å². The summed E-state index contributed by atoms with van der Waals surface area (Å²) in [5, 5.41) is 3.64. The summed E-state index contributed by atoms with van der Waals surface area (Å²) in [6.45, 7) is 3.47. The number of piperidine rings is 1. The van der Waals surface area contributed by atoms with Gasteiger partial charge in [0.15, 0.2) is 0 Å². The Hall–Kier alpha value is -1.55. The van der Waals surface area contributed by atoms with Crippen molar-refractivity contribution >= 4 is 5.91 Å². The average Bonchev–Trinajstić information content (AvgIpc) is 2.91. The molecule has 1 N–H and O–H groups in total. The van der Waals surface area contributed by atoms with Gasteiger partial charge in [0.05, 0.1) is 6.61 Å². The molecule has 0 spiro atoms. The number of nitrogens with zero attached hydrogens (tertiary/aromatic N) is 1. The summed E-state index contributed by atoms with van der Waals surface area (Å²) in [7, 11) is 1.92. The minimum atomic E-state index is 0.289. The lowest BCUT2D eigenvalue weighted by molar-refractivity contribution is -0.131. The topological polar surface area (TPSA) is 41.6 Å². The smallest absolute Gasteiger partial charge is 0.222 e. The van der Waals surface area contributed by atoms with Crippen molar-refractivity contribution in [1.82, 2.24) is 10.2 Å². The van der Waals surface area contributed by atoms with Gasteiger partial charge in [-0.25, -0.2) is 0 Å². The molecule has 2 aliphatic rings. The predicted molar refractivity (Wildman–Crippen MR) is 96.2 cm³/mol. The molecule has 4 nitrogen and oxygen atoms in total. The lowest BCUT2D eigenvalue weighted by atomic mass is 9.89. The highest BCUT2D eigenvalue weighted by molar-refractivity contribution is 5.76. The Morgan fingerprint density at radius 3 is 2.67 bits per heavy atom. The Bertz CT molecular complexity index is 548. The molecule has 1 aromatic rings. The van der Waals surface area contributed by atoms with Crippen LogP contribution in [0.1, 0.15) is 44.1 Å². The van der Waals surface area contributed by atoms with Crippen LogP contribution < -0.4 is 10.1 Å². The van der Waals surface area contributed by atoms with Crippen LogP contribution in [0.4, 0.5) is 0 Å².